The molecule has 0 aromatic heterocycles. The van der Waals surface area contributed by atoms with E-state index in [1.165, 1.54) is 6.92 Å². The largest absolute Gasteiger partial charge is 0.361 e. The first-order valence-corrected chi connectivity index (χ1v) is 6.03. The van der Waals surface area contributed by atoms with E-state index in [1.807, 2.05) is 0 Å². The average Bonchev–Trinajstić information content (AvgIpc) is 2.66. The third kappa shape index (κ3) is 4.41. The number of carbonyl (C=O) groups is 5. The third-order valence-corrected chi connectivity index (χ3v) is 2.46. The van der Waals surface area contributed by atoms with Gasteiger partial charge in [0.15, 0.2) is 6.04 Å². The molecule has 1 fully saturated rings. The van der Waals surface area contributed by atoms with E-state index in [-0.39, 0.29) is 18.5 Å². The molecule has 0 aromatic carbocycles. The molecule has 21 heavy (non-hydrogen) atoms. The van der Waals surface area contributed by atoms with E-state index in [0.29, 0.717) is 5.06 Å². The van der Waals surface area contributed by atoms with Crippen molar-refractivity contribution in [2.75, 3.05) is 0 Å². The van der Waals surface area contributed by atoms with E-state index in [4.69, 9.17) is 0 Å². The van der Waals surface area contributed by atoms with E-state index in [2.05, 4.69) is 22.1 Å². The number of rotatable bonds is 5. The Morgan fingerprint density at radius 3 is 2.10 bits per heavy atom. The Bertz CT molecular complexity index is 511. The number of nitrogens with one attached hydrogen (secondary N) is 2. The van der Waals surface area contributed by atoms with Gasteiger partial charge in [-0.15, -0.1) is 5.06 Å². The summed E-state index contributed by atoms with van der Waals surface area (Å²) in [5.41, 5.74) is -0.137. The summed E-state index contributed by atoms with van der Waals surface area (Å²) in [6.45, 7) is 5.78. The molecule has 2 N–H and O–H groups in total. The quantitative estimate of drug-likeness (QED) is 0.611. The summed E-state index contributed by atoms with van der Waals surface area (Å²) in [5.74, 6) is -3.49. The minimum atomic E-state index is -1.41. The summed E-state index contributed by atoms with van der Waals surface area (Å²) in [6.07, 6.45) is -0.104. The maximum atomic E-state index is 12.0. The highest BCUT2D eigenvalue weighted by Crippen LogP contribution is 2.13. The number of imide groups is 1. The molecule has 9 heteroatoms. The lowest BCUT2D eigenvalue weighted by atomic mass is 10.2. The first-order valence-electron chi connectivity index (χ1n) is 6.03. The molecule has 0 aliphatic carbocycles. The van der Waals surface area contributed by atoms with Gasteiger partial charge in [-0.05, 0) is 0 Å². The minimum absolute atomic E-state index is 0.0520. The van der Waals surface area contributed by atoms with Gasteiger partial charge in [-0.3, -0.25) is 19.2 Å². The van der Waals surface area contributed by atoms with Gasteiger partial charge in [-0.25, -0.2) is 4.79 Å². The molecule has 1 heterocycles. The van der Waals surface area contributed by atoms with Gasteiger partial charge in [-0.1, -0.05) is 6.58 Å². The van der Waals surface area contributed by atoms with Crippen LogP contribution in [0.3, 0.4) is 0 Å². The smallest absolute Gasteiger partial charge is 0.338 e. The second-order valence-electron chi connectivity index (χ2n) is 4.33. The Hall–Kier alpha value is -2.71. The summed E-state index contributed by atoms with van der Waals surface area (Å²) >= 11 is 0. The van der Waals surface area contributed by atoms with E-state index in [9.17, 15) is 24.0 Å². The molecular formula is C12H15N3O6. The van der Waals surface area contributed by atoms with Crippen molar-refractivity contribution >= 4 is 29.6 Å². The van der Waals surface area contributed by atoms with Gasteiger partial charge in [0.2, 0.25) is 11.8 Å². The molecular weight excluding hydrogens is 282 g/mol. The van der Waals surface area contributed by atoms with E-state index in [0.717, 1.165) is 6.92 Å². The normalized spacial score (nSPS) is 15.4. The van der Waals surface area contributed by atoms with Crippen LogP contribution in [0, 0.1) is 0 Å². The monoisotopic (exact) mass is 297 g/mol. The lowest BCUT2D eigenvalue weighted by Crippen LogP contribution is -2.48. The predicted molar refractivity (Wildman–Crippen MR) is 67.7 cm³/mol. The second kappa shape index (κ2) is 6.64. The van der Waals surface area contributed by atoms with Gasteiger partial charge in [0, 0.05) is 32.4 Å². The van der Waals surface area contributed by atoms with Crippen LogP contribution in [-0.4, -0.2) is 40.7 Å². The molecule has 1 unspecified atom stereocenters. The van der Waals surface area contributed by atoms with E-state index in [1.54, 1.807) is 0 Å². The van der Waals surface area contributed by atoms with Crippen LogP contribution in [0.5, 0.6) is 0 Å². The topological polar surface area (TPSA) is 122 Å². The maximum absolute atomic E-state index is 12.0. The molecule has 0 radical (unpaired) electrons. The van der Waals surface area contributed by atoms with Crippen LogP contribution in [0.4, 0.5) is 0 Å². The molecule has 114 valence electrons. The molecule has 0 saturated carbocycles. The van der Waals surface area contributed by atoms with Gasteiger partial charge < -0.3 is 15.5 Å². The summed E-state index contributed by atoms with van der Waals surface area (Å²) in [6, 6.07) is -1.41. The molecule has 1 saturated heterocycles. The summed E-state index contributed by atoms with van der Waals surface area (Å²) in [4.78, 5) is 61.4. The molecule has 0 bridgehead atoms. The van der Waals surface area contributed by atoms with Crippen molar-refractivity contribution in [3.8, 4) is 0 Å². The maximum Gasteiger partial charge on any atom is 0.361 e. The SMILES string of the molecule is C=C(NC(C)=O)C(NC(C)=O)C(=O)ON1C(=O)CCC1=O. The number of carbonyl (C=O) groups excluding carboxylic acids is 5. The minimum Gasteiger partial charge on any atom is -0.338 e. The highest BCUT2D eigenvalue weighted by Gasteiger charge is 2.36. The van der Waals surface area contributed by atoms with Crippen LogP contribution < -0.4 is 10.6 Å². The van der Waals surface area contributed by atoms with Crippen molar-refractivity contribution < 1.29 is 28.8 Å². The zero-order valence-electron chi connectivity index (χ0n) is 11.6. The van der Waals surface area contributed by atoms with Crippen molar-refractivity contribution in [3.05, 3.63) is 12.3 Å². The average molecular weight is 297 g/mol. The fourth-order valence-corrected chi connectivity index (χ4v) is 1.59. The van der Waals surface area contributed by atoms with E-state index < -0.39 is 35.6 Å². The fraction of sp³-hybridized carbons (Fsp3) is 0.417. The first-order chi connectivity index (χ1) is 9.72. The van der Waals surface area contributed by atoms with Crippen molar-refractivity contribution in [2.24, 2.45) is 0 Å². The van der Waals surface area contributed by atoms with Crippen LogP contribution in [0.25, 0.3) is 0 Å². The van der Waals surface area contributed by atoms with Gasteiger partial charge in [0.05, 0.1) is 0 Å². The van der Waals surface area contributed by atoms with Crippen LogP contribution >= 0.6 is 0 Å². The summed E-state index contributed by atoms with van der Waals surface area (Å²) in [5, 5.41) is 4.80. The Morgan fingerprint density at radius 1 is 1.14 bits per heavy atom. The second-order valence-corrected chi connectivity index (χ2v) is 4.33. The van der Waals surface area contributed by atoms with Crippen LogP contribution in [0.15, 0.2) is 12.3 Å². The molecule has 1 aliphatic rings. The van der Waals surface area contributed by atoms with Gasteiger partial charge in [0.1, 0.15) is 0 Å². The van der Waals surface area contributed by atoms with Crippen molar-refractivity contribution in [1.82, 2.24) is 15.7 Å². The number of hydrogen-bond donors (Lipinski definition) is 2. The Morgan fingerprint density at radius 2 is 1.67 bits per heavy atom. The zero-order chi connectivity index (χ0) is 16.2. The third-order valence-electron chi connectivity index (χ3n) is 2.46. The van der Waals surface area contributed by atoms with Crippen LogP contribution in [0.1, 0.15) is 26.7 Å². The molecule has 0 spiro atoms. The molecule has 4 amide bonds. The zero-order valence-corrected chi connectivity index (χ0v) is 11.6. The molecule has 1 aliphatic heterocycles. The van der Waals surface area contributed by atoms with E-state index >= 15 is 0 Å². The number of hydroxylamine groups is 2. The first kappa shape index (κ1) is 16.3. The Labute approximate surface area is 120 Å². The molecule has 1 atom stereocenters. The molecule has 1 rings (SSSR count). The lowest BCUT2D eigenvalue weighted by molar-refractivity contribution is -0.198. The predicted octanol–water partition coefficient (Wildman–Crippen LogP) is -1.25. The Balaban J connectivity index is 2.82. The van der Waals surface area contributed by atoms with Gasteiger partial charge in [0.25, 0.3) is 11.8 Å². The summed E-state index contributed by atoms with van der Waals surface area (Å²) < 4.78 is 0. The van der Waals surface area contributed by atoms with Crippen LogP contribution in [-0.2, 0) is 28.8 Å². The van der Waals surface area contributed by atoms with Gasteiger partial charge in [-0.2, -0.15) is 0 Å². The molecule has 9 nitrogen and oxygen atoms in total. The standard InChI is InChI=1S/C12H15N3O6/c1-6(13-7(2)16)11(14-8(3)17)12(20)21-15-9(18)4-5-10(15)19/h11H,1,4-5H2,2-3H3,(H,13,16)(H,14,17). The molecule has 0 aromatic rings. The lowest BCUT2D eigenvalue weighted by Gasteiger charge is -2.21. The van der Waals surface area contributed by atoms with Crippen molar-refractivity contribution in [2.45, 2.75) is 32.7 Å². The number of amides is 4. The van der Waals surface area contributed by atoms with Gasteiger partial charge >= 0.3 is 5.97 Å². The Kier molecular flexibility index (Phi) is 5.17. The van der Waals surface area contributed by atoms with Crippen LogP contribution in [0.2, 0.25) is 0 Å². The summed E-state index contributed by atoms with van der Waals surface area (Å²) in [7, 11) is 0. The number of hydrogen-bond acceptors (Lipinski definition) is 6. The number of nitrogens with zero attached hydrogens (tertiary/aromatic N) is 1. The van der Waals surface area contributed by atoms with Crippen molar-refractivity contribution in [1.29, 1.82) is 0 Å². The van der Waals surface area contributed by atoms with Crippen molar-refractivity contribution in [3.63, 3.8) is 0 Å². The highest BCUT2D eigenvalue weighted by atomic mass is 16.7. The fourth-order valence-electron chi connectivity index (χ4n) is 1.59. The highest BCUT2D eigenvalue weighted by molar-refractivity contribution is 6.02.